The van der Waals surface area contributed by atoms with E-state index in [4.69, 9.17) is 9.47 Å². The summed E-state index contributed by atoms with van der Waals surface area (Å²) in [6.07, 6.45) is 2.01. The molecule has 2 rings (SSSR count). The lowest BCUT2D eigenvalue weighted by Gasteiger charge is -2.11. The van der Waals surface area contributed by atoms with Crippen molar-refractivity contribution >= 4 is 23.4 Å². The zero-order chi connectivity index (χ0) is 15.2. The van der Waals surface area contributed by atoms with Crippen LogP contribution in [-0.4, -0.2) is 26.4 Å². The van der Waals surface area contributed by atoms with E-state index in [-0.39, 0.29) is 5.91 Å². The smallest absolute Gasteiger partial charge is 0.259 e. The fraction of sp³-hybridized carbons (Fsp3) is 0.188. The Labute approximate surface area is 128 Å². The lowest BCUT2D eigenvalue weighted by atomic mass is 10.1. The van der Waals surface area contributed by atoms with Crippen molar-refractivity contribution in [1.82, 2.24) is 0 Å². The molecule has 0 aliphatic heterocycles. The third-order valence-electron chi connectivity index (χ3n) is 3.00. The molecule has 0 bridgehead atoms. The molecule has 5 heteroatoms. The Morgan fingerprint density at radius 2 is 1.76 bits per heavy atom. The summed E-state index contributed by atoms with van der Waals surface area (Å²) in [6, 6.07) is 12.8. The van der Waals surface area contributed by atoms with E-state index in [0.29, 0.717) is 17.1 Å². The van der Waals surface area contributed by atoms with Crippen molar-refractivity contribution < 1.29 is 14.3 Å². The van der Waals surface area contributed by atoms with Crippen LogP contribution in [0.4, 0.5) is 5.69 Å². The number of carbonyl (C=O) groups excluding carboxylic acids is 1. The van der Waals surface area contributed by atoms with Crippen molar-refractivity contribution in [3.63, 3.8) is 0 Å². The zero-order valence-corrected chi connectivity index (χ0v) is 13.0. The standard InChI is InChI=1S/C16H17NO3S/c1-19-12-6-9-14(15(10-12)20-2)16(18)17-11-4-7-13(21-3)8-5-11/h4-10H,1-3H3,(H,17,18). The Morgan fingerprint density at radius 1 is 1.05 bits per heavy atom. The molecule has 0 heterocycles. The molecule has 0 aliphatic carbocycles. The predicted octanol–water partition coefficient (Wildman–Crippen LogP) is 3.68. The SMILES string of the molecule is COc1ccc(C(=O)Nc2ccc(SC)cc2)c(OC)c1. The van der Waals surface area contributed by atoms with Crippen molar-refractivity contribution in [3.05, 3.63) is 48.0 Å². The van der Waals surface area contributed by atoms with Crippen LogP contribution < -0.4 is 14.8 Å². The Hall–Kier alpha value is -2.14. The lowest BCUT2D eigenvalue weighted by molar-refractivity contribution is 0.102. The number of hydrogen-bond acceptors (Lipinski definition) is 4. The third kappa shape index (κ3) is 3.70. The number of thioether (sulfide) groups is 1. The van der Waals surface area contributed by atoms with E-state index in [2.05, 4.69) is 5.32 Å². The molecule has 110 valence electrons. The van der Waals surface area contributed by atoms with Crippen LogP contribution in [0.5, 0.6) is 11.5 Å². The van der Waals surface area contributed by atoms with Gasteiger partial charge in [-0.15, -0.1) is 11.8 Å². The summed E-state index contributed by atoms with van der Waals surface area (Å²) >= 11 is 1.66. The number of ether oxygens (including phenoxy) is 2. The second kappa shape index (κ2) is 7.04. The Kier molecular flexibility index (Phi) is 5.11. The third-order valence-corrected chi connectivity index (χ3v) is 3.74. The van der Waals surface area contributed by atoms with Crippen LogP contribution >= 0.6 is 11.8 Å². The van der Waals surface area contributed by atoms with Gasteiger partial charge in [-0.25, -0.2) is 0 Å². The number of anilines is 1. The Bertz CT molecular complexity index is 626. The topological polar surface area (TPSA) is 47.6 Å². The summed E-state index contributed by atoms with van der Waals surface area (Å²) in [6.45, 7) is 0. The number of rotatable bonds is 5. The molecule has 4 nitrogen and oxygen atoms in total. The van der Waals surface area contributed by atoms with E-state index in [1.165, 1.54) is 7.11 Å². The molecule has 2 aromatic rings. The monoisotopic (exact) mass is 303 g/mol. The van der Waals surface area contributed by atoms with Gasteiger partial charge in [0.1, 0.15) is 11.5 Å². The van der Waals surface area contributed by atoms with Crippen LogP contribution in [0.15, 0.2) is 47.4 Å². The highest BCUT2D eigenvalue weighted by molar-refractivity contribution is 7.98. The van der Waals surface area contributed by atoms with Crippen LogP contribution in [0.25, 0.3) is 0 Å². The minimum Gasteiger partial charge on any atom is -0.497 e. The van der Waals surface area contributed by atoms with E-state index >= 15 is 0 Å². The molecule has 0 radical (unpaired) electrons. The first-order valence-electron chi connectivity index (χ1n) is 6.35. The normalized spacial score (nSPS) is 10.0. The molecule has 2 aromatic carbocycles. The van der Waals surface area contributed by atoms with Gasteiger partial charge in [-0.2, -0.15) is 0 Å². The van der Waals surface area contributed by atoms with E-state index in [9.17, 15) is 4.79 Å². The second-order valence-electron chi connectivity index (χ2n) is 4.25. The highest BCUT2D eigenvalue weighted by atomic mass is 32.2. The van der Waals surface area contributed by atoms with Gasteiger partial charge >= 0.3 is 0 Å². The fourth-order valence-electron chi connectivity index (χ4n) is 1.86. The molecule has 0 aliphatic rings. The van der Waals surface area contributed by atoms with Crippen molar-refractivity contribution in [2.24, 2.45) is 0 Å². The lowest BCUT2D eigenvalue weighted by Crippen LogP contribution is -2.13. The predicted molar refractivity (Wildman–Crippen MR) is 85.7 cm³/mol. The average molecular weight is 303 g/mol. The minimum atomic E-state index is -0.216. The molecular formula is C16H17NO3S. The molecule has 1 N–H and O–H groups in total. The van der Waals surface area contributed by atoms with Gasteiger partial charge in [0.2, 0.25) is 0 Å². The van der Waals surface area contributed by atoms with Crippen LogP contribution in [-0.2, 0) is 0 Å². The quantitative estimate of drug-likeness (QED) is 0.856. The number of hydrogen-bond donors (Lipinski definition) is 1. The summed E-state index contributed by atoms with van der Waals surface area (Å²) in [5.41, 5.74) is 1.21. The summed E-state index contributed by atoms with van der Waals surface area (Å²) in [5.74, 6) is 0.909. The van der Waals surface area contributed by atoms with E-state index in [1.807, 2.05) is 30.5 Å². The van der Waals surface area contributed by atoms with Gasteiger partial charge in [0.05, 0.1) is 19.8 Å². The van der Waals surface area contributed by atoms with E-state index in [1.54, 1.807) is 37.1 Å². The first-order chi connectivity index (χ1) is 10.2. The van der Waals surface area contributed by atoms with Gasteiger partial charge in [0.25, 0.3) is 5.91 Å². The van der Waals surface area contributed by atoms with Crippen LogP contribution in [0, 0.1) is 0 Å². The second-order valence-corrected chi connectivity index (χ2v) is 5.13. The molecule has 21 heavy (non-hydrogen) atoms. The van der Waals surface area contributed by atoms with E-state index < -0.39 is 0 Å². The Balaban J connectivity index is 2.19. The first-order valence-corrected chi connectivity index (χ1v) is 7.58. The van der Waals surface area contributed by atoms with Gasteiger partial charge in [0, 0.05) is 16.6 Å². The molecular weight excluding hydrogens is 286 g/mol. The fourth-order valence-corrected chi connectivity index (χ4v) is 2.27. The average Bonchev–Trinajstić information content (AvgIpc) is 2.54. The Morgan fingerprint density at radius 3 is 2.33 bits per heavy atom. The molecule has 0 saturated heterocycles. The highest BCUT2D eigenvalue weighted by Crippen LogP contribution is 2.25. The van der Waals surface area contributed by atoms with Gasteiger partial charge in [-0.05, 0) is 42.7 Å². The maximum absolute atomic E-state index is 12.3. The van der Waals surface area contributed by atoms with Gasteiger partial charge in [-0.3, -0.25) is 4.79 Å². The van der Waals surface area contributed by atoms with Crippen LogP contribution in [0.3, 0.4) is 0 Å². The van der Waals surface area contributed by atoms with E-state index in [0.717, 1.165) is 10.6 Å². The van der Waals surface area contributed by atoms with Crippen LogP contribution in [0.1, 0.15) is 10.4 Å². The minimum absolute atomic E-state index is 0.216. The number of carbonyl (C=O) groups is 1. The number of amides is 1. The maximum Gasteiger partial charge on any atom is 0.259 e. The number of benzene rings is 2. The van der Waals surface area contributed by atoms with Gasteiger partial charge in [-0.1, -0.05) is 0 Å². The molecule has 1 amide bonds. The number of methoxy groups -OCH3 is 2. The molecule has 0 aromatic heterocycles. The zero-order valence-electron chi connectivity index (χ0n) is 12.2. The van der Waals surface area contributed by atoms with Crippen molar-refractivity contribution in [2.45, 2.75) is 4.90 Å². The van der Waals surface area contributed by atoms with Crippen LogP contribution in [0.2, 0.25) is 0 Å². The van der Waals surface area contributed by atoms with Gasteiger partial charge < -0.3 is 14.8 Å². The van der Waals surface area contributed by atoms with Crippen molar-refractivity contribution in [2.75, 3.05) is 25.8 Å². The summed E-state index contributed by atoms with van der Waals surface area (Å²) < 4.78 is 10.4. The maximum atomic E-state index is 12.3. The molecule has 0 saturated carbocycles. The number of nitrogens with one attached hydrogen (secondary N) is 1. The van der Waals surface area contributed by atoms with Crippen molar-refractivity contribution in [1.29, 1.82) is 0 Å². The summed E-state index contributed by atoms with van der Waals surface area (Å²) in [4.78, 5) is 13.5. The van der Waals surface area contributed by atoms with Gasteiger partial charge in [0.15, 0.2) is 0 Å². The molecule has 0 atom stereocenters. The highest BCUT2D eigenvalue weighted by Gasteiger charge is 2.13. The summed E-state index contributed by atoms with van der Waals surface area (Å²) in [7, 11) is 3.10. The largest absolute Gasteiger partial charge is 0.497 e. The first kappa shape index (κ1) is 15.3. The molecule has 0 fully saturated rings. The molecule has 0 spiro atoms. The molecule has 0 unspecified atom stereocenters. The summed E-state index contributed by atoms with van der Waals surface area (Å²) in [5, 5.41) is 2.85. The van der Waals surface area contributed by atoms with Crippen molar-refractivity contribution in [3.8, 4) is 11.5 Å².